The Morgan fingerprint density at radius 2 is 1.14 bits per heavy atom. The average molecular weight is 844 g/mol. The summed E-state index contributed by atoms with van der Waals surface area (Å²) in [4.78, 5) is 37.5. The number of esters is 2. The topological polar surface area (TPSA) is 124 Å². The molecule has 0 aliphatic carbocycles. The van der Waals surface area contributed by atoms with E-state index in [9.17, 15) is 19.0 Å². The van der Waals surface area contributed by atoms with Crippen LogP contribution in [-0.2, 0) is 37.4 Å². The lowest BCUT2D eigenvalue weighted by Crippen LogP contribution is -2.37. The molecule has 0 spiro atoms. The Morgan fingerprint density at radius 1 is 0.627 bits per heavy atom. The van der Waals surface area contributed by atoms with Crippen molar-refractivity contribution in [2.75, 3.05) is 47.5 Å². The molecule has 334 valence electrons. The van der Waals surface area contributed by atoms with Crippen molar-refractivity contribution in [3.63, 3.8) is 0 Å². The van der Waals surface area contributed by atoms with Gasteiger partial charge in [-0.1, -0.05) is 124 Å². The molecule has 59 heavy (non-hydrogen) atoms. The third-order valence-electron chi connectivity index (χ3n) is 9.00. The summed E-state index contributed by atoms with van der Waals surface area (Å²) in [6.45, 7) is 3.91. The molecule has 0 aromatic carbocycles. The van der Waals surface area contributed by atoms with E-state index in [-0.39, 0.29) is 26.1 Å². The van der Waals surface area contributed by atoms with Gasteiger partial charge in [-0.2, -0.15) is 0 Å². The number of phosphoric ester groups is 1. The highest BCUT2D eigenvalue weighted by molar-refractivity contribution is 7.45. The van der Waals surface area contributed by atoms with Gasteiger partial charge in [0.05, 0.1) is 40.0 Å². The molecule has 0 saturated carbocycles. The Kier molecular flexibility index (Phi) is 32.6. The zero-order valence-electron chi connectivity index (χ0n) is 37.1. The molecule has 3 unspecified atom stereocenters. The molecule has 0 aromatic rings. The van der Waals surface area contributed by atoms with E-state index in [0.29, 0.717) is 36.1 Å². The largest absolute Gasteiger partial charge is 0.756 e. The van der Waals surface area contributed by atoms with E-state index in [0.717, 1.165) is 70.6 Å². The number of nitrogens with zero attached hydrogens (tertiary/aromatic N) is 1. The minimum Gasteiger partial charge on any atom is -0.756 e. The van der Waals surface area contributed by atoms with Gasteiger partial charge in [-0.05, 0) is 89.9 Å². The summed E-state index contributed by atoms with van der Waals surface area (Å²) >= 11 is 0. The van der Waals surface area contributed by atoms with Crippen LogP contribution in [0.5, 0.6) is 0 Å². The number of epoxide rings is 1. The van der Waals surface area contributed by atoms with Crippen molar-refractivity contribution in [2.45, 2.75) is 148 Å². The van der Waals surface area contributed by atoms with E-state index in [1.54, 1.807) is 0 Å². The number of allylic oxidation sites excluding steroid dienone is 14. The molecular formula is C48H78NO9P. The fourth-order valence-corrected chi connectivity index (χ4v) is 6.16. The standard InChI is InChI=1S/C48H78NO9P/c1-6-8-10-11-12-13-14-15-16-17-21-24-27-30-34-38-47(50)54-42-44(43-56-59(52,53)55-41-40-49(3,4)5)57-48(51)39-35-31-28-25-22-19-18-20-23-26-29-33-37-46-45(58-46)36-32-9-7-2/h9,12-13,15-16,19-24,28-29,31-33,44-46H,6-8,10-11,14,17-18,25-27,30,34-43H2,1-5H3/b13-12-,16-15-,22-19-,23-20-,24-21-,31-28-,32-9-,33-29-/t44-,45?,46?/m1/s1. The maximum atomic E-state index is 12.7. The lowest BCUT2D eigenvalue weighted by Gasteiger charge is -2.28. The second kappa shape index (κ2) is 35.6. The van der Waals surface area contributed by atoms with Crippen LogP contribution in [0.15, 0.2) is 97.2 Å². The van der Waals surface area contributed by atoms with Crippen molar-refractivity contribution in [1.29, 1.82) is 0 Å². The Bertz CT molecular complexity index is 1390. The van der Waals surface area contributed by atoms with Crippen molar-refractivity contribution in [3.8, 4) is 0 Å². The second-order valence-electron chi connectivity index (χ2n) is 15.7. The van der Waals surface area contributed by atoms with E-state index in [2.05, 4.69) is 98.9 Å². The predicted molar refractivity (Wildman–Crippen MR) is 239 cm³/mol. The summed E-state index contributed by atoms with van der Waals surface area (Å²) in [7, 11) is 1.07. The Hall–Kier alpha value is -3.11. The second-order valence-corrected chi connectivity index (χ2v) is 17.1. The highest BCUT2D eigenvalue weighted by Crippen LogP contribution is 2.38. The number of carbonyl (C=O) groups excluding carboxylic acids is 2. The van der Waals surface area contributed by atoms with Gasteiger partial charge in [0.25, 0.3) is 7.82 Å². The zero-order chi connectivity index (χ0) is 43.3. The van der Waals surface area contributed by atoms with Gasteiger partial charge in [-0.25, -0.2) is 0 Å². The first kappa shape index (κ1) is 53.9. The van der Waals surface area contributed by atoms with Crippen LogP contribution >= 0.6 is 7.82 Å². The van der Waals surface area contributed by atoms with Crippen LogP contribution in [0.4, 0.5) is 0 Å². The molecule has 0 radical (unpaired) electrons. The van der Waals surface area contributed by atoms with Gasteiger partial charge in [-0.3, -0.25) is 14.2 Å². The van der Waals surface area contributed by atoms with Crippen molar-refractivity contribution < 1.29 is 46.8 Å². The first-order valence-electron chi connectivity index (χ1n) is 22.1. The molecule has 10 nitrogen and oxygen atoms in total. The van der Waals surface area contributed by atoms with Crippen LogP contribution in [0.3, 0.4) is 0 Å². The van der Waals surface area contributed by atoms with Crippen LogP contribution in [0.2, 0.25) is 0 Å². The van der Waals surface area contributed by atoms with Gasteiger partial charge >= 0.3 is 11.9 Å². The van der Waals surface area contributed by atoms with Crippen LogP contribution < -0.4 is 4.89 Å². The number of unbranched alkanes of at least 4 members (excludes halogenated alkanes) is 5. The Balaban J connectivity index is 2.37. The van der Waals surface area contributed by atoms with Gasteiger partial charge in [0, 0.05) is 12.8 Å². The van der Waals surface area contributed by atoms with Crippen LogP contribution in [0.25, 0.3) is 0 Å². The quantitative estimate of drug-likeness (QED) is 0.0150. The Labute approximate surface area is 358 Å². The molecular weight excluding hydrogens is 766 g/mol. The number of quaternary nitrogens is 1. The molecule has 1 aliphatic heterocycles. The molecule has 1 saturated heterocycles. The van der Waals surface area contributed by atoms with Gasteiger partial charge in [0.15, 0.2) is 6.10 Å². The fourth-order valence-electron chi connectivity index (χ4n) is 5.43. The summed E-state index contributed by atoms with van der Waals surface area (Å²) in [6.07, 6.45) is 49.2. The highest BCUT2D eigenvalue weighted by atomic mass is 31.2. The predicted octanol–water partition coefficient (Wildman–Crippen LogP) is 10.9. The molecule has 0 aromatic heterocycles. The summed E-state index contributed by atoms with van der Waals surface area (Å²) in [6, 6.07) is 0. The number of hydrogen-bond acceptors (Lipinski definition) is 9. The number of likely N-dealkylation sites (N-methyl/N-ethyl adjacent to an activating group) is 1. The summed E-state index contributed by atoms with van der Waals surface area (Å²) in [5.74, 6) is -0.993. The van der Waals surface area contributed by atoms with E-state index in [4.69, 9.17) is 23.3 Å². The lowest BCUT2D eigenvalue weighted by molar-refractivity contribution is -0.870. The smallest absolute Gasteiger partial charge is 0.306 e. The van der Waals surface area contributed by atoms with Gasteiger partial charge in [0.1, 0.15) is 19.8 Å². The zero-order valence-corrected chi connectivity index (χ0v) is 38.0. The number of rotatable bonds is 37. The molecule has 1 rings (SSSR count). The monoisotopic (exact) mass is 844 g/mol. The number of ether oxygens (including phenoxy) is 3. The molecule has 1 heterocycles. The Morgan fingerprint density at radius 3 is 1.68 bits per heavy atom. The lowest BCUT2D eigenvalue weighted by atomic mass is 10.1. The van der Waals surface area contributed by atoms with Crippen LogP contribution in [-0.4, -0.2) is 82.2 Å². The minimum absolute atomic E-state index is 0.0582. The molecule has 1 aliphatic rings. The van der Waals surface area contributed by atoms with Gasteiger partial charge in [0.2, 0.25) is 0 Å². The van der Waals surface area contributed by atoms with Crippen molar-refractivity contribution in [3.05, 3.63) is 97.2 Å². The first-order valence-corrected chi connectivity index (χ1v) is 23.5. The van der Waals surface area contributed by atoms with E-state index in [1.165, 1.54) is 19.3 Å². The summed E-state index contributed by atoms with van der Waals surface area (Å²) in [5.41, 5.74) is 0. The van der Waals surface area contributed by atoms with E-state index >= 15 is 0 Å². The van der Waals surface area contributed by atoms with E-state index in [1.807, 2.05) is 33.3 Å². The number of phosphoric acid groups is 1. The molecule has 0 N–H and O–H groups in total. The van der Waals surface area contributed by atoms with Gasteiger partial charge in [-0.15, -0.1) is 0 Å². The summed E-state index contributed by atoms with van der Waals surface area (Å²) < 4.78 is 39.4. The van der Waals surface area contributed by atoms with Crippen molar-refractivity contribution in [1.82, 2.24) is 0 Å². The normalized spacial score (nSPS) is 17.9. The third-order valence-corrected chi connectivity index (χ3v) is 9.97. The molecule has 4 atom stereocenters. The molecule has 11 heteroatoms. The number of carbonyl (C=O) groups is 2. The first-order chi connectivity index (χ1) is 28.5. The maximum Gasteiger partial charge on any atom is 0.306 e. The van der Waals surface area contributed by atoms with Crippen molar-refractivity contribution in [2.24, 2.45) is 0 Å². The number of hydrogen-bond donors (Lipinski definition) is 0. The fraction of sp³-hybridized carbons (Fsp3) is 0.625. The highest BCUT2D eigenvalue weighted by Gasteiger charge is 2.36. The maximum absolute atomic E-state index is 12.7. The SMILES string of the molecule is CC/C=C\CC1OC1C/C=C\C/C=C\C/C=C\C/C=C\CCC(=O)O[C@H](COC(=O)CCCC/C=C\C/C=C\C/C=C\CCCCC)COP(=O)([O-])OCC[N+](C)(C)C. The van der Waals surface area contributed by atoms with Gasteiger partial charge < -0.3 is 32.6 Å². The minimum atomic E-state index is -4.66. The average Bonchev–Trinajstić information content (AvgIpc) is 3.94. The van der Waals surface area contributed by atoms with E-state index < -0.39 is 32.5 Å². The molecule has 0 bridgehead atoms. The van der Waals surface area contributed by atoms with Crippen LogP contribution in [0.1, 0.15) is 129 Å². The van der Waals surface area contributed by atoms with Crippen molar-refractivity contribution >= 4 is 19.8 Å². The molecule has 0 amide bonds. The summed E-state index contributed by atoms with van der Waals surface area (Å²) in [5, 5.41) is 0. The molecule has 1 fully saturated rings. The van der Waals surface area contributed by atoms with Crippen LogP contribution in [0, 0.1) is 0 Å². The third kappa shape index (κ3) is 36.5.